The van der Waals surface area contributed by atoms with Crippen LogP contribution in [-0.4, -0.2) is 18.4 Å². The summed E-state index contributed by atoms with van der Waals surface area (Å²) in [5.41, 5.74) is 0. The van der Waals surface area contributed by atoms with Crippen molar-refractivity contribution in [2.45, 2.75) is 0 Å². The zero-order valence-corrected chi connectivity index (χ0v) is 7.60. The van der Waals surface area contributed by atoms with Gasteiger partial charge in [0, 0.05) is 0 Å². The van der Waals surface area contributed by atoms with Gasteiger partial charge in [0.2, 0.25) is 5.28 Å². The van der Waals surface area contributed by atoms with Gasteiger partial charge in [0.25, 0.3) is 10.2 Å². The number of halogens is 2. The maximum absolute atomic E-state index is 12.7. The van der Waals surface area contributed by atoms with E-state index in [0.717, 1.165) is 6.20 Å². The molecule has 72 valence electrons. The monoisotopic (exact) mass is 226 g/mol. The van der Waals surface area contributed by atoms with Crippen LogP contribution in [0.1, 0.15) is 0 Å². The minimum absolute atomic E-state index is 0.285. The Kier molecular flexibility index (Phi) is 2.64. The van der Waals surface area contributed by atoms with Gasteiger partial charge in [0.05, 0.1) is 6.20 Å². The van der Waals surface area contributed by atoms with Crippen LogP contribution in [0.2, 0.25) is 5.28 Å². The fraction of sp³-hybridized carbons (Fsp3) is 0. The van der Waals surface area contributed by atoms with Crippen LogP contribution < -0.4 is 9.86 Å². The molecule has 0 saturated heterocycles. The molecule has 0 atom stereocenters. The number of hydrogen-bond donors (Lipinski definition) is 2. The maximum atomic E-state index is 12.7. The number of hydrogen-bond acceptors (Lipinski definition) is 4. The molecule has 0 aromatic carbocycles. The van der Waals surface area contributed by atoms with Gasteiger partial charge in [0.1, 0.15) is 0 Å². The Balaban J connectivity index is 3.08. The molecule has 0 fully saturated rings. The second kappa shape index (κ2) is 3.40. The first-order chi connectivity index (χ1) is 5.88. The van der Waals surface area contributed by atoms with Gasteiger partial charge in [-0.3, -0.25) is 4.72 Å². The van der Waals surface area contributed by atoms with E-state index in [2.05, 4.69) is 15.1 Å². The van der Waals surface area contributed by atoms with E-state index in [4.69, 9.17) is 11.6 Å². The summed E-state index contributed by atoms with van der Waals surface area (Å²) in [5.74, 6) is -1.54. The van der Waals surface area contributed by atoms with Crippen molar-refractivity contribution in [3.63, 3.8) is 0 Å². The lowest BCUT2D eigenvalue weighted by Crippen LogP contribution is -2.23. The molecule has 0 amide bonds. The normalized spacial score (nSPS) is 11.3. The van der Waals surface area contributed by atoms with E-state index < -0.39 is 21.8 Å². The SMILES string of the molecule is NS(=O)(=O)Nc1nc(Cl)ncc1F. The largest absolute Gasteiger partial charge is 0.297 e. The molecule has 1 aromatic heterocycles. The highest BCUT2D eigenvalue weighted by atomic mass is 35.5. The predicted molar refractivity (Wildman–Crippen MR) is 43.7 cm³/mol. The van der Waals surface area contributed by atoms with Crippen LogP contribution in [0.5, 0.6) is 0 Å². The predicted octanol–water partition coefficient (Wildman–Crippen LogP) is -0.115. The van der Waals surface area contributed by atoms with Gasteiger partial charge in [-0.25, -0.2) is 14.5 Å². The lowest BCUT2D eigenvalue weighted by Gasteiger charge is -2.02. The van der Waals surface area contributed by atoms with E-state index in [1.54, 1.807) is 4.72 Å². The summed E-state index contributed by atoms with van der Waals surface area (Å²) in [6.07, 6.45) is 0.725. The summed E-state index contributed by atoms with van der Waals surface area (Å²) in [4.78, 5) is 6.54. The third-order valence-electron chi connectivity index (χ3n) is 0.954. The number of rotatable bonds is 2. The van der Waals surface area contributed by atoms with Crippen molar-refractivity contribution in [2.75, 3.05) is 4.72 Å². The Morgan fingerprint density at radius 1 is 1.62 bits per heavy atom. The summed E-state index contributed by atoms with van der Waals surface area (Å²) in [6.45, 7) is 0. The average molecular weight is 227 g/mol. The van der Waals surface area contributed by atoms with Crippen LogP contribution in [-0.2, 0) is 10.2 Å². The minimum Gasteiger partial charge on any atom is -0.252 e. The summed E-state index contributed by atoms with van der Waals surface area (Å²) >= 11 is 5.28. The Hall–Kier alpha value is -0.990. The first-order valence-corrected chi connectivity index (χ1v) is 4.79. The van der Waals surface area contributed by atoms with Crippen LogP contribution in [0.25, 0.3) is 0 Å². The van der Waals surface area contributed by atoms with E-state index in [-0.39, 0.29) is 5.28 Å². The highest BCUT2D eigenvalue weighted by Gasteiger charge is 2.10. The quantitative estimate of drug-likeness (QED) is 0.687. The van der Waals surface area contributed by atoms with Crippen LogP contribution in [0, 0.1) is 5.82 Å². The molecule has 9 heteroatoms. The Labute approximate surface area is 78.1 Å². The number of nitrogens with zero attached hydrogens (tertiary/aromatic N) is 2. The number of nitrogens with one attached hydrogen (secondary N) is 1. The molecule has 1 rings (SSSR count). The van der Waals surface area contributed by atoms with Crippen molar-refractivity contribution in [1.29, 1.82) is 0 Å². The van der Waals surface area contributed by atoms with Crippen LogP contribution in [0.3, 0.4) is 0 Å². The summed E-state index contributed by atoms with van der Waals surface area (Å²) in [6, 6.07) is 0. The number of nitrogens with two attached hydrogens (primary N) is 1. The fourth-order valence-corrected chi connectivity index (χ4v) is 1.10. The highest BCUT2D eigenvalue weighted by molar-refractivity contribution is 7.90. The van der Waals surface area contributed by atoms with Crippen LogP contribution >= 0.6 is 11.6 Å². The van der Waals surface area contributed by atoms with E-state index >= 15 is 0 Å². The van der Waals surface area contributed by atoms with Gasteiger partial charge in [-0.1, -0.05) is 0 Å². The summed E-state index contributed by atoms with van der Waals surface area (Å²) in [5, 5.41) is 4.29. The second-order valence-corrected chi connectivity index (χ2v) is 3.61. The van der Waals surface area contributed by atoms with Gasteiger partial charge in [-0.05, 0) is 11.6 Å². The van der Waals surface area contributed by atoms with Crippen LogP contribution in [0.15, 0.2) is 6.20 Å². The zero-order chi connectivity index (χ0) is 10.1. The highest BCUT2D eigenvalue weighted by Crippen LogP contribution is 2.12. The van der Waals surface area contributed by atoms with Crippen molar-refractivity contribution in [1.82, 2.24) is 9.97 Å². The van der Waals surface area contributed by atoms with Gasteiger partial charge in [-0.2, -0.15) is 13.4 Å². The van der Waals surface area contributed by atoms with Crippen LogP contribution in [0.4, 0.5) is 10.2 Å². The molecule has 0 radical (unpaired) electrons. The van der Waals surface area contributed by atoms with Gasteiger partial charge in [0.15, 0.2) is 11.6 Å². The third-order valence-corrected chi connectivity index (χ3v) is 1.61. The average Bonchev–Trinajstić information content (AvgIpc) is 1.94. The molecule has 6 nitrogen and oxygen atoms in total. The fourth-order valence-electron chi connectivity index (χ4n) is 0.552. The van der Waals surface area contributed by atoms with E-state index in [1.165, 1.54) is 0 Å². The molecule has 0 aliphatic rings. The molecular weight excluding hydrogens is 223 g/mol. The lowest BCUT2D eigenvalue weighted by atomic mass is 10.6. The molecule has 0 saturated carbocycles. The Morgan fingerprint density at radius 2 is 2.23 bits per heavy atom. The second-order valence-electron chi connectivity index (χ2n) is 1.98. The van der Waals surface area contributed by atoms with Crippen molar-refractivity contribution >= 4 is 27.6 Å². The van der Waals surface area contributed by atoms with Gasteiger partial charge in [-0.15, -0.1) is 0 Å². The molecule has 0 aliphatic carbocycles. The molecular formula is C4H4ClFN4O2S. The van der Waals surface area contributed by atoms with Crippen molar-refractivity contribution in [3.8, 4) is 0 Å². The molecule has 1 aromatic rings. The topological polar surface area (TPSA) is 98.0 Å². The molecule has 0 bridgehead atoms. The third kappa shape index (κ3) is 3.09. The minimum atomic E-state index is -4.06. The standard InChI is InChI=1S/C4H4ClFN4O2S/c5-4-8-1-2(6)3(9-4)10-13(7,11)12/h1H,(H2,7,11,12)(H,8,9,10). The first kappa shape index (κ1) is 10.1. The summed E-state index contributed by atoms with van der Waals surface area (Å²) in [7, 11) is -4.06. The zero-order valence-electron chi connectivity index (χ0n) is 6.03. The number of anilines is 1. The molecule has 1 heterocycles. The van der Waals surface area contributed by atoms with Crippen molar-refractivity contribution in [2.24, 2.45) is 5.14 Å². The molecule has 0 aliphatic heterocycles. The van der Waals surface area contributed by atoms with E-state index in [1.807, 2.05) is 0 Å². The van der Waals surface area contributed by atoms with Gasteiger partial charge < -0.3 is 0 Å². The van der Waals surface area contributed by atoms with E-state index in [0.29, 0.717) is 0 Å². The Bertz CT molecular complexity index is 422. The molecule has 3 N–H and O–H groups in total. The first-order valence-electron chi connectivity index (χ1n) is 2.87. The summed E-state index contributed by atoms with van der Waals surface area (Å²) < 4.78 is 35.3. The molecule has 0 spiro atoms. The number of aromatic nitrogens is 2. The Morgan fingerprint density at radius 3 is 2.77 bits per heavy atom. The maximum Gasteiger partial charge on any atom is 0.297 e. The smallest absolute Gasteiger partial charge is 0.252 e. The van der Waals surface area contributed by atoms with Crippen molar-refractivity contribution < 1.29 is 12.8 Å². The van der Waals surface area contributed by atoms with Crippen molar-refractivity contribution in [3.05, 3.63) is 17.3 Å². The molecule has 13 heavy (non-hydrogen) atoms. The lowest BCUT2D eigenvalue weighted by molar-refractivity contribution is 0.597. The van der Waals surface area contributed by atoms with E-state index in [9.17, 15) is 12.8 Å². The molecule has 0 unspecified atom stereocenters. The van der Waals surface area contributed by atoms with Gasteiger partial charge >= 0.3 is 0 Å².